The molecule has 1 aliphatic heterocycles. The molecular formula is C20H30N2O2. The Hall–Kier alpha value is -1.84. The molecule has 0 N–H and O–H groups in total. The van der Waals surface area contributed by atoms with Crippen molar-refractivity contribution in [3.8, 4) is 0 Å². The zero-order valence-corrected chi connectivity index (χ0v) is 15.6. The van der Waals surface area contributed by atoms with Crippen LogP contribution in [-0.4, -0.2) is 36.3 Å². The van der Waals surface area contributed by atoms with Crippen molar-refractivity contribution in [3.05, 3.63) is 29.3 Å². The summed E-state index contributed by atoms with van der Waals surface area (Å²) in [7, 11) is 0. The number of amides is 2. The van der Waals surface area contributed by atoms with E-state index in [4.69, 9.17) is 0 Å². The van der Waals surface area contributed by atoms with Crippen molar-refractivity contribution >= 4 is 17.5 Å². The van der Waals surface area contributed by atoms with E-state index in [9.17, 15) is 9.59 Å². The van der Waals surface area contributed by atoms with Gasteiger partial charge in [0, 0.05) is 37.2 Å². The molecule has 1 aromatic carbocycles. The largest absolute Gasteiger partial charge is 0.342 e. The fourth-order valence-electron chi connectivity index (χ4n) is 3.50. The van der Waals surface area contributed by atoms with Gasteiger partial charge in [-0.25, -0.2) is 0 Å². The number of likely N-dealkylation sites (tertiary alicyclic amines) is 1. The van der Waals surface area contributed by atoms with Crippen LogP contribution < -0.4 is 4.90 Å². The predicted molar refractivity (Wildman–Crippen MR) is 98.1 cm³/mol. The van der Waals surface area contributed by atoms with Crippen molar-refractivity contribution in [2.75, 3.05) is 24.5 Å². The van der Waals surface area contributed by atoms with Crippen molar-refractivity contribution in [3.63, 3.8) is 0 Å². The molecule has 0 bridgehead atoms. The van der Waals surface area contributed by atoms with E-state index >= 15 is 0 Å². The summed E-state index contributed by atoms with van der Waals surface area (Å²) in [5, 5.41) is 0. The average molecular weight is 330 g/mol. The second-order valence-corrected chi connectivity index (χ2v) is 7.18. The summed E-state index contributed by atoms with van der Waals surface area (Å²) in [6, 6.07) is 6.27. The molecule has 0 aliphatic carbocycles. The van der Waals surface area contributed by atoms with E-state index in [2.05, 4.69) is 32.0 Å². The second-order valence-electron chi connectivity index (χ2n) is 7.18. The van der Waals surface area contributed by atoms with Gasteiger partial charge in [-0.15, -0.1) is 0 Å². The number of hydrogen-bond donors (Lipinski definition) is 0. The Morgan fingerprint density at radius 1 is 1.12 bits per heavy atom. The highest BCUT2D eigenvalue weighted by Gasteiger charge is 2.31. The van der Waals surface area contributed by atoms with Crippen molar-refractivity contribution in [2.24, 2.45) is 11.8 Å². The molecule has 24 heavy (non-hydrogen) atoms. The van der Waals surface area contributed by atoms with Gasteiger partial charge in [-0.3, -0.25) is 9.59 Å². The molecule has 0 saturated carbocycles. The van der Waals surface area contributed by atoms with Crippen LogP contribution in [0.15, 0.2) is 18.2 Å². The first-order valence-electron chi connectivity index (χ1n) is 9.02. The smallest absolute Gasteiger partial charge is 0.230 e. The van der Waals surface area contributed by atoms with Crippen LogP contribution >= 0.6 is 0 Å². The number of carbonyl (C=O) groups is 2. The molecule has 1 aromatic rings. The minimum absolute atomic E-state index is 0.0157. The fraction of sp³-hybridized carbons (Fsp3) is 0.600. The molecule has 2 rings (SSSR count). The monoisotopic (exact) mass is 330 g/mol. The molecule has 1 aliphatic rings. The summed E-state index contributed by atoms with van der Waals surface area (Å²) in [4.78, 5) is 28.9. The quantitative estimate of drug-likeness (QED) is 0.847. The fourth-order valence-corrected chi connectivity index (χ4v) is 3.50. The summed E-state index contributed by atoms with van der Waals surface area (Å²) < 4.78 is 0. The summed E-state index contributed by atoms with van der Waals surface area (Å²) >= 11 is 0. The van der Waals surface area contributed by atoms with Crippen LogP contribution in [0.1, 0.15) is 44.7 Å². The van der Waals surface area contributed by atoms with Gasteiger partial charge in [0.2, 0.25) is 11.8 Å². The normalized spacial score (nSPS) is 15.7. The molecule has 4 nitrogen and oxygen atoms in total. The maximum atomic E-state index is 13.0. The molecule has 132 valence electrons. The predicted octanol–water partition coefficient (Wildman–Crippen LogP) is 3.55. The zero-order valence-electron chi connectivity index (χ0n) is 15.6. The van der Waals surface area contributed by atoms with E-state index in [-0.39, 0.29) is 23.7 Å². The van der Waals surface area contributed by atoms with E-state index in [1.54, 1.807) is 0 Å². The molecule has 0 spiro atoms. The van der Waals surface area contributed by atoms with Crippen LogP contribution in [0.3, 0.4) is 0 Å². The minimum atomic E-state index is 0.0157. The summed E-state index contributed by atoms with van der Waals surface area (Å²) in [5.74, 6) is 0.434. The topological polar surface area (TPSA) is 40.6 Å². The lowest BCUT2D eigenvalue weighted by Crippen LogP contribution is -2.45. The van der Waals surface area contributed by atoms with Crippen LogP contribution in [0.4, 0.5) is 5.69 Å². The van der Waals surface area contributed by atoms with Crippen LogP contribution in [0.5, 0.6) is 0 Å². The SMILES string of the molecule is CCN(C(=O)C1CCN(C(=O)C(C)C)CC1)c1cc(C)cc(C)c1. The average Bonchev–Trinajstić information content (AvgIpc) is 2.54. The molecule has 0 radical (unpaired) electrons. The summed E-state index contributed by atoms with van der Waals surface area (Å²) in [6.45, 7) is 12.1. The molecular weight excluding hydrogens is 300 g/mol. The zero-order chi connectivity index (χ0) is 17.9. The Bertz CT molecular complexity index is 581. The van der Waals surface area contributed by atoms with Gasteiger partial charge in [0.05, 0.1) is 0 Å². The molecule has 2 amide bonds. The van der Waals surface area contributed by atoms with Crippen molar-refractivity contribution in [1.82, 2.24) is 4.90 Å². The van der Waals surface area contributed by atoms with E-state index in [1.165, 1.54) is 11.1 Å². The van der Waals surface area contributed by atoms with E-state index < -0.39 is 0 Å². The Labute approximate surface area is 145 Å². The maximum absolute atomic E-state index is 13.0. The lowest BCUT2D eigenvalue weighted by molar-refractivity contribution is -0.137. The van der Waals surface area contributed by atoms with Gasteiger partial charge in [0.15, 0.2) is 0 Å². The van der Waals surface area contributed by atoms with Gasteiger partial charge < -0.3 is 9.80 Å². The van der Waals surface area contributed by atoms with Gasteiger partial charge in [0.25, 0.3) is 0 Å². The summed E-state index contributed by atoms with van der Waals surface area (Å²) in [6.07, 6.45) is 1.52. The van der Waals surface area contributed by atoms with Gasteiger partial charge in [-0.2, -0.15) is 0 Å². The van der Waals surface area contributed by atoms with Gasteiger partial charge in [-0.1, -0.05) is 19.9 Å². The van der Waals surface area contributed by atoms with Gasteiger partial charge in [-0.05, 0) is 56.9 Å². The first-order valence-corrected chi connectivity index (χ1v) is 9.02. The Kier molecular flexibility index (Phi) is 6.03. The molecule has 0 unspecified atom stereocenters. The highest BCUT2D eigenvalue weighted by molar-refractivity contribution is 5.95. The minimum Gasteiger partial charge on any atom is -0.342 e. The lowest BCUT2D eigenvalue weighted by Gasteiger charge is -2.35. The van der Waals surface area contributed by atoms with Crippen molar-refractivity contribution < 1.29 is 9.59 Å². The molecule has 1 fully saturated rings. The van der Waals surface area contributed by atoms with E-state index in [0.29, 0.717) is 19.6 Å². The Morgan fingerprint density at radius 3 is 2.12 bits per heavy atom. The van der Waals surface area contributed by atoms with Crippen LogP contribution in [-0.2, 0) is 9.59 Å². The number of piperidine rings is 1. The van der Waals surface area contributed by atoms with Crippen LogP contribution in [0.25, 0.3) is 0 Å². The highest BCUT2D eigenvalue weighted by atomic mass is 16.2. The maximum Gasteiger partial charge on any atom is 0.230 e. The second kappa shape index (κ2) is 7.82. The Morgan fingerprint density at radius 2 is 1.67 bits per heavy atom. The van der Waals surface area contributed by atoms with Crippen molar-refractivity contribution in [2.45, 2.75) is 47.5 Å². The van der Waals surface area contributed by atoms with Crippen molar-refractivity contribution in [1.29, 1.82) is 0 Å². The van der Waals surface area contributed by atoms with Gasteiger partial charge in [0.1, 0.15) is 0 Å². The molecule has 0 atom stereocenters. The highest BCUT2D eigenvalue weighted by Crippen LogP contribution is 2.25. The number of carbonyl (C=O) groups excluding carboxylic acids is 2. The van der Waals surface area contributed by atoms with E-state index in [1.807, 2.05) is 30.6 Å². The molecule has 1 heterocycles. The third kappa shape index (κ3) is 4.16. The number of anilines is 1. The number of aryl methyl sites for hydroxylation is 2. The first-order chi connectivity index (χ1) is 11.3. The number of benzene rings is 1. The standard InChI is InChI=1S/C20H30N2O2/c1-6-22(18-12-15(4)11-16(5)13-18)20(24)17-7-9-21(10-8-17)19(23)14(2)3/h11-14,17H,6-10H2,1-5H3. The van der Waals surface area contributed by atoms with E-state index in [0.717, 1.165) is 18.5 Å². The number of rotatable bonds is 4. The van der Waals surface area contributed by atoms with Crippen LogP contribution in [0, 0.1) is 25.7 Å². The third-order valence-corrected chi connectivity index (χ3v) is 4.75. The lowest BCUT2D eigenvalue weighted by atomic mass is 9.94. The number of nitrogens with zero attached hydrogens (tertiary/aromatic N) is 2. The molecule has 0 aromatic heterocycles. The summed E-state index contributed by atoms with van der Waals surface area (Å²) in [5.41, 5.74) is 3.34. The first kappa shape index (κ1) is 18.5. The molecule has 4 heteroatoms. The van der Waals surface area contributed by atoms with Gasteiger partial charge >= 0.3 is 0 Å². The number of hydrogen-bond acceptors (Lipinski definition) is 2. The third-order valence-electron chi connectivity index (χ3n) is 4.75. The molecule has 1 saturated heterocycles. The Balaban J connectivity index is 2.06. The van der Waals surface area contributed by atoms with Crippen LogP contribution in [0.2, 0.25) is 0 Å².